The van der Waals surface area contributed by atoms with Crippen LogP contribution in [0.1, 0.15) is 16.8 Å². The Balaban J connectivity index is 1.28. The van der Waals surface area contributed by atoms with Crippen molar-refractivity contribution in [3.05, 3.63) is 64.1 Å². The van der Waals surface area contributed by atoms with Gasteiger partial charge in [-0.05, 0) is 12.1 Å². The summed E-state index contributed by atoms with van der Waals surface area (Å²) in [4.78, 5) is 37.8. The Labute approximate surface area is 173 Å². The van der Waals surface area contributed by atoms with E-state index in [4.69, 9.17) is 4.74 Å². The molecule has 0 aliphatic carbocycles. The van der Waals surface area contributed by atoms with E-state index in [0.717, 1.165) is 54.4 Å². The van der Waals surface area contributed by atoms with E-state index in [0.29, 0.717) is 32.1 Å². The number of hydrogen-bond donors (Lipinski definition) is 1. The van der Waals surface area contributed by atoms with Crippen LogP contribution < -0.4 is 10.5 Å². The molecule has 0 aromatic carbocycles. The first-order chi connectivity index (χ1) is 14.8. The van der Waals surface area contributed by atoms with Gasteiger partial charge in [0.05, 0.1) is 24.5 Å². The lowest BCUT2D eigenvalue weighted by molar-refractivity contribution is 0.122. The van der Waals surface area contributed by atoms with Crippen LogP contribution in [0.2, 0.25) is 0 Å². The summed E-state index contributed by atoms with van der Waals surface area (Å²) in [5, 5.41) is 0. The first-order valence-corrected chi connectivity index (χ1v) is 10.1. The topological polar surface area (TPSA) is 100 Å². The van der Waals surface area contributed by atoms with Gasteiger partial charge >= 0.3 is 0 Å². The summed E-state index contributed by atoms with van der Waals surface area (Å²) in [6, 6.07) is 3.73. The van der Waals surface area contributed by atoms with Crippen molar-refractivity contribution in [1.29, 1.82) is 0 Å². The molecule has 5 heterocycles. The fourth-order valence-corrected chi connectivity index (χ4v) is 3.87. The van der Waals surface area contributed by atoms with Crippen molar-refractivity contribution >= 4 is 5.95 Å². The van der Waals surface area contributed by atoms with Gasteiger partial charge in [-0.15, -0.1) is 0 Å². The maximum atomic E-state index is 12.7. The van der Waals surface area contributed by atoms with E-state index < -0.39 is 0 Å². The van der Waals surface area contributed by atoms with E-state index in [1.165, 1.54) is 0 Å². The summed E-state index contributed by atoms with van der Waals surface area (Å²) < 4.78 is 5.38. The highest BCUT2D eigenvalue weighted by molar-refractivity contribution is 5.53. The zero-order valence-electron chi connectivity index (χ0n) is 16.6. The molecule has 30 heavy (non-hydrogen) atoms. The van der Waals surface area contributed by atoms with Crippen molar-refractivity contribution in [3.8, 4) is 11.4 Å². The monoisotopic (exact) mass is 405 g/mol. The van der Waals surface area contributed by atoms with Crippen LogP contribution in [0.25, 0.3) is 11.4 Å². The minimum absolute atomic E-state index is 0.0810. The van der Waals surface area contributed by atoms with E-state index >= 15 is 0 Å². The number of rotatable bonds is 4. The Morgan fingerprint density at radius 1 is 1.10 bits per heavy atom. The van der Waals surface area contributed by atoms with E-state index in [2.05, 4.69) is 34.7 Å². The molecule has 0 unspecified atom stereocenters. The molecule has 0 saturated carbocycles. The summed E-state index contributed by atoms with van der Waals surface area (Å²) >= 11 is 0. The third-order valence-electron chi connectivity index (χ3n) is 5.47. The lowest BCUT2D eigenvalue weighted by Gasteiger charge is -2.28. The number of fused-ring (bicyclic) bond motifs is 1. The van der Waals surface area contributed by atoms with Crippen molar-refractivity contribution in [2.75, 3.05) is 37.7 Å². The van der Waals surface area contributed by atoms with Crippen LogP contribution in [0, 0.1) is 0 Å². The van der Waals surface area contributed by atoms with Gasteiger partial charge in [-0.25, -0.2) is 15.0 Å². The summed E-state index contributed by atoms with van der Waals surface area (Å²) in [5.74, 6) is 1.32. The molecule has 0 atom stereocenters. The molecule has 0 bridgehead atoms. The molecule has 3 aromatic heterocycles. The predicted molar refractivity (Wildman–Crippen MR) is 111 cm³/mol. The fourth-order valence-electron chi connectivity index (χ4n) is 3.87. The number of nitrogens with one attached hydrogen (secondary N) is 1. The summed E-state index contributed by atoms with van der Waals surface area (Å²) in [6.45, 7) is 5.16. The second kappa shape index (κ2) is 8.29. The van der Waals surface area contributed by atoms with Crippen LogP contribution in [0.5, 0.6) is 0 Å². The molecule has 2 aliphatic heterocycles. The number of anilines is 1. The molecule has 154 valence electrons. The van der Waals surface area contributed by atoms with Gasteiger partial charge in [0, 0.05) is 75.1 Å². The summed E-state index contributed by atoms with van der Waals surface area (Å²) in [5.41, 5.74) is 3.37. The Hall–Kier alpha value is -3.17. The number of aromatic amines is 1. The molecular formula is C21H23N7O2. The van der Waals surface area contributed by atoms with E-state index in [-0.39, 0.29) is 5.56 Å². The Morgan fingerprint density at radius 2 is 1.93 bits per heavy atom. The zero-order chi connectivity index (χ0) is 20.3. The van der Waals surface area contributed by atoms with Crippen molar-refractivity contribution in [2.24, 2.45) is 0 Å². The largest absolute Gasteiger partial charge is 0.378 e. The van der Waals surface area contributed by atoms with Gasteiger partial charge in [0.15, 0.2) is 0 Å². The van der Waals surface area contributed by atoms with Crippen molar-refractivity contribution in [3.63, 3.8) is 0 Å². The summed E-state index contributed by atoms with van der Waals surface area (Å²) in [6.07, 6.45) is 7.90. The van der Waals surface area contributed by atoms with Crippen molar-refractivity contribution in [1.82, 2.24) is 29.8 Å². The van der Waals surface area contributed by atoms with Crippen molar-refractivity contribution < 1.29 is 4.74 Å². The number of aromatic nitrogens is 5. The van der Waals surface area contributed by atoms with Gasteiger partial charge in [0.25, 0.3) is 5.56 Å². The molecule has 5 rings (SSSR count). The quantitative estimate of drug-likeness (QED) is 0.687. The van der Waals surface area contributed by atoms with Crippen molar-refractivity contribution in [2.45, 2.75) is 19.5 Å². The Kier molecular flexibility index (Phi) is 5.20. The second-order valence-electron chi connectivity index (χ2n) is 7.53. The number of pyridine rings is 1. The molecule has 0 amide bonds. The lowest BCUT2D eigenvalue weighted by Crippen LogP contribution is -2.37. The van der Waals surface area contributed by atoms with Crippen LogP contribution >= 0.6 is 0 Å². The highest BCUT2D eigenvalue weighted by Crippen LogP contribution is 2.19. The molecule has 3 aromatic rings. The third kappa shape index (κ3) is 3.94. The molecule has 9 heteroatoms. The molecule has 1 N–H and O–H groups in total. The van der Waals surface area contributed by atoms with Crippen LogP contribution in [0.4, 0.5) is 5.95 Å². The van der Waals surface area contributed by atoms with Gasteiger partial charge in [-0.1, -0.05) is 0 Å². The molecular weight excluding hydrogens is 382 g/mol. The Bertz CT molecular complexity index is 1060. The average Bonchev–Trinajstić information content (AvgIpc) is 2.81. The SMILES string of the molecule is O=c1[nH]c(-c2cccnc2)nc2c1CN(Cc1cnc(N3CCOCC3)nc1)CC2. The summed E-state index contributed by atoms with van der Waals surface area (Å²) in [7, 11) is 0. The Morgan fingerprint density at radius 3 is 2.70 bits per heavy atom. The lowest BCUT2D eigenvalue weighted by atomic mass is 10.1. The van der Waals surface area contributed by atoms with Crippen LogP contribution in [0.15, 0.2) is 41.7 Å². The van der Waals surface area contributed by atoms with Crippen LogP contribution in [-0.2, 0) is 24.2 Å². The zero-order valence-corrected chi connectivity index (χ0v) is 16.6. The number of ether oxygens (including phenoxy) is 1. The van der Waals surface area contributed by atoms with E-state index in [9.17, 15) is 4.79 Å². The second-order valence-corrected chi connectivity index (χ2v) is 7.53. The van der Waals surface area contributed by atoms with Gasteiger partial charge in [-0.3, -0.25) is 14.7 Å². The van der Waals surface area contributed by atoms with Gasteiger partial charge in [0.1, 0.15) is 5.82 Å². The maximum absolute atomic E-state index is 12.7. The number of H-pyrrole nitrogens is 1. The smallest absolute Gasteiger partial charge is 0.255 e. The number of hydrogen-bond acceptors (Lipinski definition) is 8. The standard InChI is InChI=1S/C21H23N7O2/c29-20-17-14-27(5-3-18(17)25-19(26-20)16-2-1-4-22-12-16)13-15-10-23-21(24-11-15)28-6-8-30-9-7-28/h1-2,4,10-12H,3,5-9,13-14H2,(H,25,26,29). The first kappa shape index (κ1) is 18.8. The molecule has 2 aliphatic rings. The highest BCUT2D eigenvalue weighted by atomic mass is 16.5. The van der Waals surface area contributed by atoms with Crippen LogP contribution in [-0.4, -0.2) is 62.7 Å². The van der Waals surface area contributed by atoms with Crippen LogP contribution in [0.3, 0.4) is 0 Å². The molecule has 1 fully saturated rings. The molecule has 1 saturated heterocycles. The minimum Gasteiger partial charge on any atom is -0.378 e. The molecule has 9 nitrogen and oxygen atoms in total. The van der Waals surface area contributed by atoms with Gasteiger partial charge in [0.2, 0.25) is 5.95 Å². The first-order valence-electron chi connectivity index (χ1n) is 10.1. The minimum atomic E-state index is -0.0810. The molecule has 0 radical (unpaired) electrons. The molecule has 0 spiro atoms. The number of morpholine rings is 1. The maximum Gasteiger partial charge on any atom is 0.255 e. The van der Waals surface area contributed by atoms with E-state index in [1.54, 1.807) is 12.4 Å². The normalized spacial score (nSPS) is 17.0. The highest BCUT2D eigenvalue weighted by Gasteiger charge is 2.22. The van der Waals surface area contributed by atoms with E-state index in [1.807, 2.05) is 24.5 Å². The third-order valence-corrected chi connectivity index (χ3v) is 5.47. The number of nitrogens with zero attached hydrogens (tertiary/aromatic N) is 6. The fraction of sp³-hybridized carbons (Fsp3) is 0.381. The van der Waals surface area contributed by atoms with Gasteiger partial charge < -0.3 is 14.6 Å². The van der Waals surface area contributed by atoms with Gasteiger partial charge in [-0.2, -0.15) is 0 Å². The predicted octanol–water partition coefficient (Wildman–Crippen LogP) is 1.02. The average molecular weight is 405 g/mol.